The number of nitrogens with one attached hydrogen (secondary N) is 1. The molecule has 0 saturated heterocycles. The molecular weight excluding hydrogens is 308 g/mol. The molecule has 7 N–H and O–H groups in total. The quantitative estimate of drug-likeness (QED) is 0.401. The van der Waals surface area contributed by atoms with Crippen molar-refractivity contribution in [2.75, 3.05) is 5.32 Å². The van der Waals surface area contributed by atoms with Gasteiger partial charge in [-0.15, -0.1) is 0 Å². The van der Waals surface area contributed by atoms with Crippen LogP contribution < -0.4 is 11.1 Å². The summed E-state index contributed by atoms with van der Waals surface area (Å²) in [5.74, 6) is -3.62. The van der Waals surface area contributed by atoms with Crippen molar-refractivity contribution in [2.24, 2.45) is 5.73 Å². The summed E-state index contributed by atoms with van der Waals surface area (Å²) in [6.45, 7) is 0. The lowest BCUT2D eigenvalue weighted by atomic mass is 10.1. The predicted molar refractivity (Wildman–Crippen MR) is 78.7 cm³/mol. The number of carbonyl (C=O) groups excluding carboxylic acids is 1. The van der Waals surface area contributed by atoms with Crippen LogP contribution in [-0.4, -0.2) is 56.5 Å². The number of aliphatic hydroxyl groups excluding tert-OH is 2. The molecule has 2 rings (SSSR count). The van der Waals surface area contributed by atoms with Crippen molar-refractivity contribution in [1.82, 2.24) is 0 Å². The van der Waals surface area contributed by atoms with Crippen LogP contribution in [0.25, 0.3) is 0 Å². The summed E-state index contributed by atoms with van der Waals surface area (Å²) in [5.41, 5.74) is 7.72. The van der Waals surface area contributed by atoms with Gasteiger partial charge < -0.3 is 31.5 Å². The summed E-state index contributed by atoms with van der Waals surface area (Å²) in [5, 5.41) is 35.3. The summed E-state index contributed by atoms with van der Waals surface area (Å²) in [6, 6.07) is 7.45. The molecule has 126 valence electrons. The predicted octanol–water partition coefficient (Wildman–Crippen LogP) is -1.22. The fourth-order valence-electron chi connectivity index (χ4n) is 1.80. The number of hydrogen-bond donors (Lipinski definition) is 6. The van der Waals surface area contributed by atoms with E-state index in [2.05, 4.69) is 5.32 Å². The number of carboxylic acids is 2. The van der Waals surface area contributed by atoms with Crippen molar-refractivity contribution in [2.45, 2.75) is 31.1 Å². The molecule has 9 nitrogen and oxygen atoms in total. The van der Waals surface area contributed by atoms with Crippen molar-refractivity contribution in [3.8, 4) is 0 Å². The Hall–Kier alpha value is -2.49. The molecule has 0 aromatic heterocycles. The van der Waals surface area contributed by atoms with Gasteiger partial charge in [0.25, 0.3) is 0 Å². The first-order chi connectivity index (χ1) is 10.7. The molecule has 1 heterocycles. The van der Waals surface area contributed by atoms with Gasteiger partial charge in [-0.1, -0.05) is 18.2 Å². The Balaban J connectivity index is 0.000000241. The molecule has 0 radical (unpaired) electrons. The number of rotatable bonds is 3. The molecule has 0 fully saturated rings. The third-order valence-electron chi connectivity index (χ3n) is 3.14. The maximum absolute atomic E-state index is 11.3. The number of aliphatic carboxylic acids is 2. The van der Waals surface area contributed by atoms with Gasteiger partial charge >= 0.3 is 11.9 Å². The first-order valence-electron chi connectivity index (χ1n) is 6.70. The number of para-hydroxylation sites is 1. The van der Waals surface area contributed by atoms with Crippen LogP contribution in [0.15, 0.2) is 24.3 Å². The number of amides is 1. The standard InChI is InChI=1S/C10H12N2O.C4H6O6/c11-8-6-5-7-3-1-2-4-9(7)12-10(8)13;5-1(3(7)8)2(6)4(9)10/h1-4,8H,5-6,11H2,(H,12,13);1-2,5-6H,(H,7,8)(H,9,10)/t8-;1-,2-/m01/s1. The highest BCUT2D eigenvalue weighted by Crippen LogP contribution is 2.20. The number of anilines is 1. The van der Waals surface area contributed by atoms with Crippen molar-refractivity contribution < 1.29 is 34.8 Å². The van der Waals surface area contributed by atoms with Crippen LogP contribution >= 0.6 is 0 Å². The van der Waals surface area contributed by atoms with Crippen molar-refractivity contribution in [3.63, 3.8) is 0 Å². The number of aryl methyl sites for hydroxylation is 1. The first kappa shape index (κ1) is 18.6. The largest absolute Gasteiger partial charge is 0.479 e. The summed E-state index contributed by atoms with van der Waals surface area (Å²) in [6.07, 6.45) is -2.94. The summed E-state index contributed by atoms with van der Waals surface area (Å²) < 4.78 is 0. The highest BCUT2D eigenvalue weighted by atomic mass is 16.4. The lowest BCUT2D eigenvalue weighted by molar-refractivity contribution is -0.165. The van der Waals surface area contributed by atoms with E-state index in [1.165, 1.54) is 5.56 Å². The van der Waals surface area contributed by atoms with Crippen LogP contribution in [-0.2, 0) is 20.8 Å². The molecule has 0 spiro atoms. The van der Waals surface area contributed by atoms with Gasteiger partial charge in [0, 0.05) is 5.69 Å². The van der Waals surface area contributed by atoms with Gasteiger partial charge in [0.1, 0.15) is 0 Å². The normalized spacial score (nSPS) is 19.1. The Morgan fingerprint density at radius 1 is 1.13 bits per heavy atom. The van der Waals surface area contributed by atoms with Gasteiger partial charge in [-0.05, 0) is 24.5 Å². The molecule has 1 aliphatic rings. The van der Waals surface area contributed by atoms with Gasteiger partial charge in [0.2, 0.25) is 5.91 Å². The van der Waals surface area contributed by atoms with Crippen molar-refractivity contribution >= 4 is 23.5 Å². The Bertz CT molecular complexity index is 572. The highest BCUT2D eigenvalue weighted by Gasteiger charge is 2.29. The Morgan fingerprint density at radius 2 is 1.65 bits per heavy atom. The minimum atomic E-state index is -2.27. The zero-order valence-electron chi connectivity index (χ0n) is 12.0. The van der Waals surface area contributed by atoms with Gasteiger partial charge in [-0.3, -0.25) is 4.79 Å². The second kappa shape index (κ2) is 8.22. The van der Waals surface area contributed by atoms with E-state index in [1.54, 1.807) is 0 Å². The maximum Gasteiger partial charge on any atom is 0.335 e. The molecule has 1 amide bonds. The number of aliphatic hydroxyl groups is 2. The molecule has 1 aromatic carbocycles. The molecule has 0 unspecified atom stereocenters. The average Bonchev–Trinajstić information content (AvgIpc) is 2.65. The molecular formula is C14H18N2O7. The zero-order chi connectivity index (χ0) is 17.6. The molecule has 23 heavy (non-hydrogen) atoms. The van der Waals surface area contributed by atoms with Crippen molar-refractivity contribution in [3.05, 3.63) is 29.8 Å². The molecule has 1 aliphatic heterocycles. The van der Waals surface area contributed by atoms with Crippen molar-refractivity contribution in [1.29, 1.82) is 0 Å². The fraction of sp³-hybridized carbons (Fsp3) is 0.357. The number of fused-ring (bicyclic) bond motifs is 1. The fourth-order valence-corrected chi connectivity index (χ4v) is 1.80. The monoisotopic (exact) mass is 326 g/mol. The van der Waals surface area contributed by atoms with E-state index in [4.69, 9.17) is 26.2 Å². The number of nitrogens with two attached hydrogens (primary N) is 1. The van der Waals surface area contributed by atoms with Gasteiger partial charge in [-0.25, -0.2) is 9.59 Å². The van der Waals surface area contributed by atoms with E-state index in [0.29, 0.717) is 0 Å². The second-order valence-corrected chi connectivity index (χ2v) is 4.86. The topological polar surface area (TPSA) is 170 Å². The molecule has 0 bridgehead atoms. The van der Waals surface area contributed by atoms with E-state index in [9.17, 15) is 14.4 Å². The molecule has 3 atom stereocenters. The van der Waals surface area contributed by atoms with Crippen LogP contribution in [0.2, 0.25) is 0 Å². The lowest BCUT2D eigenvalue weighted by Crippen LogP contribution is -2.39. The minimum Gasteiger partial charge on any atom is -0.479 e. The SMILES string of the molecule is N[C@H]1CCc2ccccc2NC1=O.O=C(O)[C@H](O)[C@@H](O)C(=O)O. The maximum atomic E-state index is 11.3. The third kappa shape index (κ3) is 5.33. The molecule has 1 aromatic rings. The molecule has 9 heteroatoms. The number of carbonyl (C=O) groups is 3. The minimum absolute atomic E-state index is 0.0787. The van der Waals surface area contributed by atoms with Crippen LogP contribution in [0, 0.1) is 0 Å². The third-order valence-corrected chi connectivity index (χ3v) is 3.14. The van der Waals surface area contributed by atoms with E-state index in [1.807, 2.05) is 24.3 Å². The second-order valence-electron chi connectivity index (χ2n) is 4.86. The first-order valence-corrected chi connectivity index (χ1v) is 6.70. The van der Waals surface area contributed by atoms with Crippen LogP contribution in [0.1, 0.15) is 12.0 Å². The van der Waals surface area contributed by atoms with E-state index >= 15 is 0 Å². The van der Waals surface area contributed by atoms with Gasteiger partial charge in [0.15, 0.2) is 12.2 Å². The number of benzene rings is 1. The van der Waals surface area contributed by atoms with E-state index in [-0.39, 0.29) is 11.9 Å². The van der Waals surface area contributed by atoms with Crippen LogP contribution in [0.3, 0.4) is 0 Å². The molecule has 0 aliphatic carbocycles. The highest BCUT2D eigenvalue weighted by molar-refractivity contribution is 5.96. The van der Waals surface area contributed by atoms with E-state index in [0.717, 1.165) is 18.5 Å². The molecule has 0 saturated carbocycles. The summed E-state index contributed by atoms with van der Waals surface area (Å²) in [4.78, 5) is 30.9. The lowest BCUT2D eigenvalue weighted by Gasteiger charge is -2.07. The number of carboxylic acid groups (broad SMARTS) is 2. The Morgan fingerprint density at radius 3 is 2.17 bits per heavy atom. The van der Waals surface area contributed by atoms with Crippen LogP contribution in [0.5, 0.6) is 0 Å². The number of hydrogen-bond acceptors (Lipinski definition) is 6. The zero-order valence-corrected chi connectivity index (χ0v) is 12.0. The van der Waals surface area contributed by atoms with Gasteiger partial charge in [0.05, 0.1) is 6.04 Å². The smallest absolute Gasteiger partial charge is 0.335 e. The van der Waals surface area contributed by atoms with Gasteiger partial charge in [-0.2, -0.15) is 0 Å². The average molecular weight is 326 g/mol. The Kier molecular flexibility index (Phi) is 6.64. The van der Waals surface area contributed by atoms with Crippen LogP contribution in [0.4, 0.5) is 5.69 Å². The Labute approximate surface area is 131 Å². The summed E-state index contributed by atoms with van der Waals surface area (Å²) >= 11 is 0. The summed E-state index contributed by atoms with van der Waals surface area (Å²) in [7, 11) is 0. The van der Waals surface area contributed by atoms with E-state index < -0.39 is 24.1 Å².